The van der Waals surface area contributed by atoms with Crippen LogP contribution in [0.2, 0.25) is 0 Å². The van der Waals surface area contributed by atoms with Gasteiger partial charge in [0, 0.05) is 43.5 Å². The fraction of sp³-hybridized carbons (Fsp3) is 0.529. The van der Waals surface area contributed by atoms with E-state index in [2.05, 4.69) is 20.2 Å². The van der Waals surface area contributed by atoms with Gasteiger partial charge in [0.1, 0.15) is 17.8 Å². The molecule has 1 amide bonds. The van der Waals surface area contributed by atoms with Crippen LogP contribution in [0.15, 0.2) is 12.4 Å². The van der Waals surface area contributed by atoms with Crippen LogP contribution in [-0.2, 0) is 19.0 Å². The molecule has 1 fully saturated rings. The summed E-state index contributed by atoms with van der Waals surface area (Å²) < 4.78 is 38.5. The highest BCUT2D eigenvalue weighted by Crippen LogP contribution is 2.29. The van der Waals surface area contributed by atoms with Crippen LogP contribution in [0.5, 0.6) is 0 Å². The Balaban J connectivity index is 1.43. The average Bonchev–Trinajstić information content (AvgIpc) is 3.11. The first kappa shape index (κ1) is 17.7. The summed E-state index contributed by atoms with van der Waals surface area (Å²) in [5.41, 5.74) is 1.58. The lowest BCUT2D eigenvalue weighted by atomic mass is 9.95. The lowest BCUT2D eigenvalue weighted by Gasteiger charge is -2.35. The smallest absolute Gasteiger partial charge is 0.353 e. The highest BCUT2D eigenvalue weighted by atomic mass is 19.4. The van der Waals surface area contributed by atoms with Crippen LogP contribution in [0.3, 0.4) is 0 Å². The molecular formula is C17H19F3N6O. The molecule has 2 aromatic rings. The Hall–Kier alpha value is -2.65. The molecule has 1 N–H and O–H groups in total. The number of halogens is 3. The van der Waals surface area contributed by atoms with Gasteiger partial charge in [-0.2, -0.15) is 18.3 Å². The van der Waals surface area contributed by atoms with Crippen molar-refractivity contribution in [2.75, 3.05) is 31.1 Å². The third-order valence-electron chi connectivity index (χ3n) is 5.09. The number of aromatic nitrogens is 4. The van der Waals surface area contributed by atoms with Crippen LogP contribution < -0.4 is 4.90 Å². The fourth-order valence-electron chi connectivity index (χ4n) is 3.62. The van der Waals surface area contributed by atoms with Crippen molar-refractivity contribution in [1.82, 2.24) is 25.1 Å². The van der Waals surface area contributed by atoms with Gasteiger partial charge in [0.15, 0.2) is 5.69 Å². The van der Waals surface area contributed by atoms with E-state index in [9.17, 15) is 18.0 Å². The van der Waals surface area contributed by atoms with Crippen molar-refractivity contribution in [1.29, 1.82) is 0 Å². The molecule has 27 heavy (non-hydrogen) atoms. The van der Waals surface area contributed by atoms with E-state index < -0.39 is 11.9 Å². The first-order chi connectivity index (χ1) is 12.9. The predicted octanol–water partition coefficient (Wildman–Crippen LogP) is 2.06. The Labute approximate surface area is 153 Å². The Morgan fingerprint density at radius 2 is 1.81 bits per heavy atom. The number of piperazine rings is 1. The van der Waals surface area contributed by atoms with E-state index in [0.717, 1.165) is 49.3 Å². The van der Waals surface area contributed by atoms with E-state index in [1.165, 1.54) is 0 Å². The van der Waals surface area contributed by atoms with Crippen LogP contribution >= 0.6 is 0 Å². The number of aromatic amines is 1. The van der Waals surface area contributed by atoms with Gasteiger partial charge < -0.3 is 9.80 Å². The Morgan fingerprint density at radius 3 is 2.56 bits per heavy atom. The number of hydrogen-bond donors (Lipinski definition) is 1. The molecule has 1 saturated heterocycles. The standard InChI is InChI=1S/C17H19F3N6O/c18-17(19,20)13-9-14(22-10-21-13)25-5-7-26(8-6-25)16(27)15-11-3-1-2-4-12(11)23-24-15/h9-10H,1-8H2,(H,23,24). The summed E-state index contributed by atoms with van der Waals surface area (Å²) in [6.07, 6.45) is 0.336. The van der Waals surface area contributed by atoms with Crippen LogP contribution in [-0.4, -0.2) is 57.2 Å². The lowest BCUT2D eigenvalue weighted by Crippen LogP contribution is -2.49. The molecule has 0 saturated carbocycles. The number of H-pyrrole nitrogens is 1. The zero-order valence-electron chi connectivity index (χ0n) is 14.6. The zero-order chi connectivity index (χ0) is 19.0. The number of alkyl halides is 3. The Bertz CT molecular complexity index is 841. The maximum Gasteiger partial charge on any atom is 0.433 e. The van der Waals surface area contributed by atoms with E-state index in [1.54, 1.807) is 9.80 Å². The monoisotopic (exact) mass is 380 g/mol. The number of hydrogen-bond acceptors (Lipinski definition) is 5. The molecule has 0 atom stereocenters. The first-order valence-corrected chi connectivity index (χ1v) is 8.93. The zero-order valence-corrected chi connectivity index (χ0v) is 14.6. The van der Waals surface area contributed by atoms with E-state index in [-0.39, 0.29) is 11.7 Å². The molecular weight excluding hydrogens is 361 g/mol. The molecule has 10 heteroatoms. The van der Waals surface area contributed by atoms with E-state index in [1.807, 2.05) is 0 Å². The maximum absolute atomic E-state index is 12.8. The molecule has 1 aliphatic heterocycles. The molecule has 0 spiro atoms. The van der Waals surface area contributed by atoms with Crippen molar-refractivity contribution in [3.8, 4) is 0 Å². The molecule has 144 valence electrons. The average molecular weight is 380 g/mol. The fourth-order valence-corrected chi connectivity index (χ4v) is 3.62. The molecule has 1 aliphatic carbocycles. The summed E-state index contributed by atoms with van der Waals surface area (Å²) in [6, 6.07) is 0.946. The van der Waals surface area contributed by atoms with Gasteiger partial charge in [0.25, 0.3) is 5.91 Å². The van der Waals surface area contributed by atoms with Crippen molar-refractivity contribution >= 4 is 11.7 Å². The lowest BCUT2D eigenvalue weighted by molar-refractivity contribution is -0.141. The van der Waals surface area contributed by atoms with E-state index >= 15 is 0 Å². The topological polar surface area (TPSA) is 78.0 Å². The van der Waals surface area contributed by atoms with Crippen molar-refractivity contribution in [2.24, 2.45) is 0 Å². The van der Waals surface area contributed by atoms with E-state index in [0.29, 0.717) is 31.9 Å². The largest absolute Gasteiger partial charge is 0.433 e. The number of carbonyl (C=O) groups excluding carboxylic acids is 1. The quantitative estimate of drug-likeness (QED) is 0.863. The molecule has 4 rings (SSSR count). The minimum Gasteiger partial charge on any atom is -0.353 e. The summed E-state index contributed by atoms with van der Waals surface area (Å²) in [6.45, 7) is 1.64. The summed E-state index contributed by atoms with van der Waals surface area (Å²) in [5, 5.41) is 7.18. The molecule has 0 unspecified atom stereocenters. The summed E-state index contributed by atoms with van der Waals surface area (Å²) in [7, 11) is 0. The summed E-state index contributed by atoms with van der Waals surface area (Å²) in [4.78, 5) is 23.5. The molecule has 0 radical (unpaired) electrons. The normalized spacial score (nSPS) is 17.7. The number of nitrogens with zero attached hydrogens (tertiary/aromatic N) is 5. The van der Waals surface area contributed by atoms with Gasteiger partial charge in [-0.05, 0) is 25.7 Å². The second kappa shape index (κ2) is 6.82. The number of rotatable bonds is 2. The van der Waals surface area contributed by atoms with Crippen molar-refractivity contribution in [3.63, 3.8) is 0 Å². The van der Waals surface area contributed by atoms with Gasteiger partial charge in [0.2, 0.25) is 0 Å². The molecule has 0 bridgehead atoms. The number of anilines is 1. The molecule has 2 aliphatic rings. The van der Waals surface area contributed by atoms with Crippen LogP contribution in [0.1, 0.15) is 40.3 Å². The minimum atomic E-state index is -4.51. The molecule has 7 nitrogen and oxygen atoms in total. The second-order valence-corrected chi connectivity index (χ2v) is 6.77. The van der Waals surface area contributed by atoms with Crippen LogP contribution in [0, 0.1) is 0 Å². The third kappa shape index (κ3) is 3.47. The number of fused-ring (bicyclic) bond motifs is 1. The number of carbonyl (C=O) groups is 1. The van der Waals surface area contributed by atoms with Crippen molar-refractivity contribution in [2.45, 2.75) is 31.9 Å². The number of nitrogens with one attached hydrogen (secondary N) is 1. The van der Waals surface area contributed by atoms with Crippen LogP contribution in [0.4, 0.5) is 19.0 Å². The molecule has 0 aromatic carbocycles. The maximum atomic E-state index is 12.8. The molecule has 3 heterocycles. The molecule has 2 aromatic heterocycles. The first-order valence-electron chi connectivity index (χ1n) is 8.93. The SMILES string of the molecule is O=C(c1n[nH]c2c1CCCC2)N1CCN(c2cc(C(F)(F)F)ncn2)CC1. The highest BCUT2D eigenvalue weighted by Gasteiger charge is 2.34. The third-order valence-corrected chi connectivity index (χ3v) is 5.09. The van der Waals surface area contributed by atoms with Gasteiger partial charge in [-0.25, -0.2) is 9.97 Å². The summed E-state index contributed by atoms with van der Waals surface area (Å²) in [5.74, 6) is 0.106. The summed E-state index contributed by atoms with van der Waals surface area (Å²) >= 11 is 0. The second-order valence-electron chi connectivity index (χ2n) is 6.77. The Kier molecular flexibility index (Phi) is 4.48. The van der Waals surface area contributed by atoms with Crippen LogP contribution in [0.25, 0.3) is 0 Å². The van der Waals surface area contributed by atoms with Gasteiger partial charge in [-0.3, -0.25) is 9.89 Å². The predicted molar refractivity (Wildman–Crippen MR) is 90.4 cm³/mol. The number of amides is 1. The number of aryl methyl sites for hydroxylation is 1. The van der Waals surface area contributed by atoms with Gasteiger partial charge >= 0.3 is 6.18 Å². The van der Waals surface area contributed by atoms with Gasteiger partial charge in [0.05, 0.1) is 0 Å². The Morgan fingerprint density at radius 1 is 1.07 bits per heavy atom. The van der Waals surface area contributed by atoms with Gasteiger partial charge in [-0.15, -0.1) is 0 Å². The van der Waals surface area contributed by atoms with Crippen molar-refractivity contribution < 1.29 is 18.0 Å². The van der Waals surface area contributed by atoms with E-state index in [4.69, 9.17) is 0 Å². The van der Waals surface area contributed by atoms with Crippen molar-refractivity contribution in [3.05, 3.63) is 35.0 Å². The minimum absolute atomic E-state index is 0.118. The highest BCUT2D eigenvalue weighted by molar-refractivity contribution is 5.94. The van der Waals surface area contributed by atoms with Gasteiger partial charge in [-0.1, -0.05) is 0 Å².